The van der Waals surface area contributed by atoms with Crippen LogP contribution in [0.15, 0.2) is 67.1 Å². The lowest BCUT2D eigenvalue weighted by Gasteiger charge is -2.15. The highest BCUT2D eigenvalue weighted by Gasteiger charge is 2.14. The zero-order valence-corrected chi connectivity index (χ0v) is 11.8. The van der Waals surface area contributed by atoms with Crippen LogP contribution >= 0.6 is 0 Å². The third-order valence-corrected chi connectivity index (χ3v) is 3.50. The molecule has 106 valence electrons. The van der Waals surface area contributed by atoms with E-state index in [4.69, 9.17) is 10.5 Å². The molecule has 0 bridgehead atoms. The first-order valence-corrected chi connectivity index (χ1v) is 6.77. The summed E-state index contributed by atoms with van der Waals surface area (Å²) in [6.07, 6.45) is 3.59. The van der Waals surface area contributed by atoms with Gasteiger partial charge in [-0.1, -0.05) is 30.3 Å². The van der Waals surface area contributed by atoms with E-state index in [-0.39, 0.29) is 6.04 Å². The van der Waals surface area contributed by atoms with Gasteiger partial charge >= 0.3 is 0 Å². The molecule has 0 aliphatic rings. The molecule has 1 unspecified atom stereocenters. The van der Waals surface area contributed by atoms with Gasteiger partial charge in [0, 0.05) is 5.69 Å². The molecule has 0 radical (unpaired) electrons. The first-order chi connectivity index (χ1) is 10.3. The number of methoxy groups -OCH3 is 1. The quantitative estimate of drug-likeness (QED) is 0.799. The van der Waals surface area contributed by atoms with Gasteiger partial charge in [-0.3, -0.25) is 0 Å². The number of nitrogens with zero attached hydrogens (tertiary/aromatic N) is 2. The Morgan fingerprint density at radius 1 is 1.05 bits per heavy atom. The molecule has 2 N–H and O–H groups in total. The van der Waals surface area contributed by atoms with Gasteiger partial charge in [-0.25, -0.2) is 4.98 Å². The summed E-state index contributed by atoms with van der Waals surface area (Å²) in [4.78, 5) is 4.24. The standard InChI is InChI=1S/C17H17N3O/c1-21-15-9-7-14(8-10-15)20-12-19-11-16(20)17(18)13-5-3-2-4-6-13/h2-12,17H,18H2,1H3. The van der Waals surface area contributed by atoms with E-state index in [9.17, 15) is 0 Å². The highest BCUT2D eigenvalue weighted by Crippen LogP contribution is 2.23. The normalized spacial score (nSPS) is 12.1. The van der Waals surface area contributed by atoms with Crippen LogP contribution in [0.5, 0.6) is 5.75 Å². The number of ether oxygens (including phenoxy) is 1. The maximum atomic E-state index is 6.37. The van der Waals surface area contributed by atoms with Gasteiger partial charge in [0.2, 0.25) is 0 Å². The predicted octanol–water partition coefficient (Wildman–Crippen LogP) is 2.93. The third kappa shape index (κ3) is 2.66. The van der Waals surface area contributed by atoms with Crippen molar-refractivity contribution in [1.29, 1.82) is 0 Å². The summed E-state index contributed by atoms with van der Waals surface area (Å²) in [5, 5.41) is 0. The second-order valence-electron chi connectivity index (χ2n) is 4.77. The fourth-order valence-electron chi connectivity index (χ4n) is 2.33. The molecule has 1 atom stereocenters. The van der Waals surface area contributed by atoms with Crippen LogP contribution in [0.25, 0.3) is 5.69 Å². The van der Waals surface area contributed by atoms with Crippen molar-refractivity contribution < 1.29 is 4.74 Å². The van der Waals surface area contributed by atoms with Crippen LogP contribution in [-0.4, -0.2) is 16.7 Å². The molecule has 3 rings (SSSR count). The Kier molecular flexibility index (Phi) is 3.71. The first kappa shape index (κ1) is 13.4. The number of benzene rings is 2. The van der Waals surface area contributed by atoms with Crippen molar-refractivity contribution >= 4 is 0 Å². The summed E-state index contributed by atoms with van der Waals surface area (Å²) >= 11 is 0. The highest BCUT2D eigenvalue weighted by atomic mass is 16.5. The van der Waals surface area contributed by atoms with Crippen LogP contribution in [0.4, 0.5) is 0 Å². The Bertz CT molecular complexity index is 704. The summed E-state index contributed by atoms with van der Waals surface area (Å²) < 4.78 is 7.18. The molecule has 1 aromatic heterocycles. The van der Waals surface area contributed by atoms with Gasteiger partial charge in [-0.05, 0) is 29.8 Å². The zero-order chi connectivity index (χ0) is 14.7. The lowest BCUT2D eigenvalue weighted by atomic mass is 10.1. The van der Waals surface area contributed by atoms with E-state index in [2.05, 4.69) is 4.98 Å². The van der Waals surface area contributed by atoms with Crippen molar-refractivity contribution in [1.82, 2.24) is 9.55 Å². The van der Waals surface area contributed by atoms with Crippen molar-refractivity contribution in [3.63, 3.8) is 0 Å². The Morgan fingerprint density at radius 2 is 1.76 bits per heavy atom. The number of aromatic nitrogens is 2. The number of imidazole rings is 1. The van der Waals surface area contributed by atoms with Crippen LogP contribution in [0.3, 0.4) is 0 Å². The minimum absolute atomic E-state index is 0.212. The smallest absolute Gasteiger partial charge is 0.119 e. The molecule has 1 heterocycles. The van der Waals surface area contributed by atoms with Gasteiger partial charge in [-0.15, -0.1) is 0 Å². The molecule has 0 spiro atoms. The van der Waals surface area contributed by atoms with Crippen molar-refractivity contribution in [2.75, 3.05) is 7.11 Å². The van der Waals surface area contributed by atoms with E-state index in [1.54, 1.807) is 13.4 Å². The van der Waals surface area contributed by atoms with Gasteiger partial charge in [-0.2, -0.15) is 0 Å². The zero-order valence-electron chi connectivity index (χ0n) is 11.8. The van der Waals surface area contributed by atoms with Gasteiger partial charge in [0.25, 0.3) is 0 Å². The van der Waals surface area contributed by atoms with Gasteiger partial charge in [0.1, 0.15) is 5.75 Å². The maximum absolute atomic E-state index is 6.37. The van der Waals surface area contributed by atoms with Gasteiger partial charge < -0.3 is 15.0 Å². The minimum atomic E-state index is -0.212. The predicted molar refractivity (Wildman–Crippen MR) is 82.6 cm³/mol. The van der Waals surface area contributed by atoms with Crippen molar-refractivity contribution in [2.45, 2.75) is 6.04 Å². The third-order valence-electron chi connectivity index (χ3n) is 3.50. The molecule has 3 aromatic rings. The Balaban J connectivity index is 1.96. The largest absolute Gasteiger partial charge is 0.497 e. The van der Waals surface area contributed by atoms with Gasteiger partial charge in [0.15, 0.2) is 0 Å². The van der Waals surface area contributed by atoms with Crippen molar-refractivity contribution in [3.8, 4) is 11.4 Å². The van der Waals surface area contributed by atoms with Crippen LogP contribution in [0.1, 0.15) is 17.3 Å². The molecule has 0 fully saturated rings. The minimum Gasteiger partial charge on any atom is -0.497 e. The molecule has 0 aliphatic carbocycles. The number of nitrogens with two attached hydrogens (primary N) is 1. The van der Waals surface area contributed by atoms with E-state index in [0.717, 1.165) is 22.7 Å². The molecule has 21 heavy (non-hydrogen) atoms. The summed E-state index contributed by atoms with van der Waals surface area (Å²) in [5.74, 6) is 0.827. The molecule has 4 nitrogen and oxygen atoms in total. The first-order valence-electron chi connectivity index (χ1n) is 6.77. The van der Waals surface area contributed by atoms with E-state index < -0.39 is 0 Å². The second-order valence-corrected chi connectivity index (χ2v) is 4.77. The molecule has 2 aromatic carbocycles. The summed E-state index contributed by atoms with van der Waals surface area (Å²) in [6.45, 7) is 0. The van der Waals surface area contributed by atoms with E-state index in [1.165, 1.54) is 0 Å². The maximum Gasteiger partial charge on any atom is 0.119 e. The van der Waals surface area contributed by atoms with Crippen molar-refractivity contribution in [2.24, 2.45) is 5.73 Å². The molecule has 0 saturated heterocycles. The Morgan fingerprint density at radius 3 is 2.43 bits per heavy atom. The SMILES string of the molecule is COc1ccc(-n2cncc2C(N)c2ccccc2)cc1. The lowest BCUT2D eigenvalue weighted by molar-refractivity contribution is 0.414. The van der Waals surface area contributed by atoms with Crippen molar-refractivity contribution in [3.05, 3.63) is 78.4 Å². The van der Waals surface area contributed by atoms with Crippen LogP contribution in [-0.2, 0) is 0 Å². The number of rotatable bonds is 4. The Labute approximate surface area is 123 Å². The van der Waals surface area contributed by atoms with E-state index in [1.807, 2.05) is 65.4 Å². The van der Waals surface area contributed by atoms with Crippen LogP contribution in [0, 0.1) is 0 Å². The second kappa shape index (κ2) is 5.81. The lowest BCUT2D eigenvalue weighted by Crippen LogP contribution is -2.15. The monoisotopic (exact) mass is 279 g/mol. The van der Waals surface area contributed by atoms with Crippen LogP contribution in [0.2, 0.25) is 0 Å². The summed E-state index contributed by atoms with van der Waals surface area (Å²) in [5.41, 5.74) is 9.39. The number of hydrogen-bond acceptors (Lipinski definition) is 3. The van der Waals surface area contributed by atoms with E-state index in [0.29, 0.717) is 0 Å². The molecular weight excluding hydrogens is 262 g/mol. The molecule has 4 heteroatoms. The van der Waals surface area contributed by atoms with Gasteiger partial charge in [0.05, 0.1) is 31.4 Å². The number of hydrogen-bond donors (Lipinski definition) is 1. The summed E-state index contributed by atoms with van der Waals surface area (Å²) in [6, 6.07) is 17.6. The highest BCUT2D eigenvalue weighted by molar-refractivity contribution is 5.40. The average Bonchev–Trinajstić information content (AvgIpc) is 3.04. The van der Waals surface area contributed by atoms with E-state index >= 15 is 0 Å². The Hall–Kier alpha value is -2.59. The van der Waals surface area contributed by atoms with Crippen LogP contribution < -0.4 is 10.5 Å². The molecule has 0 aliphatic heterocycles. The topological polar surface area (TPSA) is 53.1 Å². The molecule has 0 amide bonds. The fourth-order valence-corrected chi connectivity index (χ4v) is 2.33. The summed E-state index contributed by atoms with van der Waals surface area (Å²) in [7, 11) is 1.66. The molecule has 0 saturated carbocycles. The fraction of sp³-hybridized carbons (Fsp3) is 0.118. The molecular formula is C17H17N3O. The average molecular weight is 279 g/mol.